The van der Waals surface area contributed by atoms with E-state index in [0.717, 1.165) is 10.6 Å². The molecule has 0 saturated carbocycles. The van der Waals surface area contributed by atoms with Crippen molar-refractivity contribution in [1.82, 2.24) is 5.43 Å². The molecule has 1 fully saturated rings. The molecule has 1 heterocycles. The molecule has 2 amide bonds. The zero-order chi connectivity index (χ0) is 23.4. The fourth-order valence-electron chi connectivity index (χ4n) is 3.32. The Labute approximate surface area is 189 Å². The number of hydrogen-bond donors (Lipinski definition) is 1. The Balaban J connectivity index is 1.68. The van der Waals surface area contributed by atoms with Crippen LogP contribution in [-0.4, -0.2) is 23.8 Å². The predicted octanol–water partition coefficient (Wildman–Crippen LogP) is 3.64. The van der Waals surface area contributed by atoms with Crippen LogP contribution in [0.25, 0.3) is 6.08 Å². The quantitative estimate of drug-likeness (QED) is 0.257. The third-order valence-corrected chi connectivity index (χ3v) is 4.95. The second-order valence-corrected chi connectivity index (χ2v) is 7.07. The molecule has 0 unspecified atom stereocenters. The van der Waals surface area contributed by atoms with Gasteiger partial charge in [-0.25, -0.2) is 5.01 Å². The lowest BCUT2D eigenvalue weighted by Crippen LogP contribution is -2.35. The van der Waals surface area contributed by atoms with Crippen LogP contribution in [0.4, 0.5) is 11.4 Å². The highest BCUT2D eigenvalue weighted by atomic mass is 16.6. The van der Waals surface area contributed by atoms with Crippen LogP contribution >= 0.6 is 0 Å². The zero-order valence-corrected chi connectivity index (χ0v) is 17.6. The molecule has 4 rings (SSSR count). The van der Waals surface area contributed by atoms with Crippen LogP contribution in [0, 0.1) is 10.1 Å². The predicted molar refractivity (Wildman–Crippen MR) is 120 cm³/mol. The first-order chi connectivity index (χ1) is 16.0. The van der Waals surface area contributed by atoms with E-state index in [-0.39, 0.29) is 34.9 Å². The first-order valence-corrected chi connectivity index (χ1v) is 9.93. The van der Waals surface area contributed by atoms with Crippen molar-refractivity contribution in [2.45, 2.75) is 6.61 Å². The number of nitrogens with zero attached hydrogens (tertiary/aromatic N) is 2. The number of carbonyl (C=O) groups excluding carboxylic acids is 2. The third kappa shape index (κ3) is 4.52. The molecular formula is C24H19N3O6. The fraction of sp³-hybridized carbons (Fsp3) is 0.0833. The lowest BCUT2D eigenvalue weighted by atomic mass is 10.1. The van der Waals surface area contributed by atoms with E-state index in [2.05, 4.69) is 5.43 Å². The van der Waals surface area contributed by atoms with E-state index in [1.54, 1.807) is 30.3 Å². The highest BCUT2D eigenvalue weighted by Gasteiger charge is 2.35. The van der Waals surface area contributed by atoms with Crippen molar-refractivity contribution in [1.29, 1.82) is 0 Å². The Bertz CT molecular complexity index is 1240. The Morgan fingerprint density at radius 3 is 2.30 bits per heavy atom. The molecule has 33 heavy (non-hydrogen) atoms. The van der Waals surface area contributed by atoms with Crippen LogP contribution in [-0.2, 0) is 16.2 Å². The SMILES string of the molecule is COc1cc(/C=C2/C(=O)NN(c3ccccc3)C2=O)c([N+](=O)[O-])cc1OCc1ccccc1. The van der Waals surface area contributed by atoms with Crippen molar-refractivity contribution in [2.24, 2.45) is 0 Å². The number of amides is 2. The number of hydrogen-bond acceptors (Lipinski definition) is 6. The Hall–Kier alpha value is -4.66. The molecule has 0 radical (unpaired) electrons. The van der Waals surface area contributed by atoms with Gasteiger partial charge in [0.05, 0.1) is 29.4 Å². The van der Waals surface area contributed by atoms with Gasteiger partial charge in [0.1, 0.15) is 12.2 Å². The van der Waals surface area contributed by atoms with Crippen LogP contribution < -0.4 is 19.9 Å². The van der Waals surface area contributed by atoms with E-state index >= 15 is 0 Å². The molecule has 0 bridgehead atoms. The van der Waals surface area contributed by atoms with E-state index in [4.69, 9.17) is 9.47 Å². The number of ether oxygens (including phenoxy) is 2. The maximum atomic E-state index is 12.8. The van der Waals surface area contributed by atoms with E-state index in [1.807, 2.05) is 30.3 Å². The Morgan fingerprint density at radius 1 is 1.00 bits per heavy atom. The van der Waals surface area contributed by atoms with E-state index in [1.165, 1.54) is 25.3 Å². The number of carbonyl (C=O) groups is 2. The maximum absolute atomic E-state index is 12.8. The minimum atomic E-state index is -0.665. The summed E-state index contributed by atoms with van der Waals surface area (Å²) in [6, 6.07) is 20.4. The molecule has 1 aliphatic rings. The fourth-order valence-corrected chi connectivity index (χ4v) is 3.32. The molecule has 0 aromatic heterocycles. The molecule has 1 saturated heterocycles. The lowest BCUT2D eigenvalue weighted by molar-refractivity contribution is -0.385. The summed E-state index contributed by atoms with van der Waals surface area (Å²) in [6.07, 6.45) is 1.18. The van der Waals surface area contributed by atoms with Gasteiger partial charge in [-0.1, -0.05) is 48.5 Å². The number of rotatable bonds is 7. The first kappa shape index (κ1) is 21.6. The van der Waals surface area contributed by atoms with Crippen molar-refractivity contribution in [2.75, 3.05) is 12.1 Å². The van der Waals surface area contributed by atoms with Crippen LogP contribution in [0.1, 0.15) is 11.1 Å². The van der Waals surface area contributed by atoms with E-state index in [0.29, 0.717) is 5.69 Å². The molecule has 9 heteroatoms. The van der Waals surface area contributed by atoms with E-state index < -0.39 is 16.7 Å². The Morgan fingerprint density at radius 2 is 1.67 bits per heavy atom. The van der Waals surface area contributed by atoms with Gasteiger partial charge in [0.25, 0.3) is 17.5 Å². The summed E-state index contributed by atoms with van der Waals surface area (Å²) >= 11 is 0. The first-order valence-electron chi connectivity index (χ1n) is 9.93. The Kier molecular flexibility index (Phi) is 6.03. The molecule has 9 nitrogen and oxygen atoms in total. The maximum Gasteiger partial charge on any atom is 0.282 e. The van der Waals surface area contributed by atoms with Crippen molar-refractivity contribution in [3.05, 3.63) is 99.6 Å². The number of hydrazine groups is 1. The molecule has 1 N–H and O–H groups in total. The number of nitro benzene ring substituents is 1. The zero-order valence-electron chi connectivity index (χ0n) is 17.6. The van der Waals surface area contributed by atoms with Crippen LogP contribution in [0.15, 0.2) is 78.4 Å². The van der Waals surface area contributed by atoms with Gasteiger partial charge in [-0.3, -0.25) is 25.1 Å². The lowest BCUT2D eigenvalue weighted by Gasteiger charge is -2.14. The molecule has 0 aliphatic carbocycles. The van der Waals surface area contributed by atoms with Gasteiger partial charge in [-0.15, -0.1) is 0 Å². The minimum absolute atomic E-state index is 0.0392. The largest absolute Gasteiger partial charge is 0.493 e. The van der Waals surface area contributed by atoms with Crippen LogP contribution in [0.5, 0.6) is 11.5 Å². The summed E-state index contributed by atoms with van der Waals surface area (Å²) in [5, 5.41) is 12.8. The smallest absolute Gasteiger partial charge is 0.282 e. The summed E-state index contributed by atoms with van der Waals surface area (Å²) in [4.78, 5) is 36.4. The minimum Gasteiger partial charge on any atom is -0.493 e. The molecule has 1 aliphatic heterocycles. The molecular weight excluding hydrogens is 426 g/mol. The van der Waals surface area contributed by atoms with Crippen molar-refractivity contribution in [3.63, 3.8) is 0 Å². The number of methoxy groups -OCH3 is 1. The summed E-state index contributed by atoms with van der Waals surface area (Å²) in [5.41, 5.74) is 3.29. The summed E-state index contributed by atoms with van der Waals surface area (Å²) in [7, 11) is 1.40. The molecule has 3 aromatic rings. The summed E-state index contributed by atoms with van der Waals surface area (Å²) in [5.74, 6) is -0.886. The van der Waals surface area contributed by atoms with Crippen molar-refractivity contribution < 1.29 is 24.0 Å². The molecule has 166 valence electrons. The van der Waals surface area contributed by atoms with Gasteiger partial charge in [0.15, 0.2) is 11.5 Å². The number of anilines is 1. The van der Waals surface area contributed by atoms with Crippen LogP contribution in [0.3, 0.4) is 0 Å². The average Bonchev–Trinajstić information content (AvgIpc) is 3.12. The number of para-hydroxylation sites is 1. The highest BCUT2D eigenvalue weighted by molar-refractivity contribution is 6.31. The third-order valence-electron chi connectivity index (χ3n) is 4.95. The summed E-state index contributed by atoms with van der Waals surface area (Å²) in [6.45, 7) is 0.182. The monoisotopic (exact) mass is 445 g/mol. The van der Waals surface area contributed by atoms with E-state index in [9.17, 15) is 19.7 Å². The van der Waals surface area contributed by atoms with Gasteiger partial charge in [0.2, 0.25) is 0 Å². The van der Waals surface area contributed by atoms with Gasteiger partial charge < -0.3 is 9.47 Å². The van der Waals surface area contributed by atoms with Crippen LogP contribution in [0.2, 0.25) is 0 Å². The molecule has 3 aromatic carbocycles. The molecule has 0 atom stereocenters. The number of benzene rings is 3. The second kappa shape index (κ2) is 9.23. The van der Waals surface area contributed by atoms with Gasteiger partial charge in [0, 0.05) is 0 Å². The molecule has 0 spiro atoms. The summed E-state index contributed by atoms with van der Waals surface area (Å²) < 4.78 is 11.1. The number of nitrogens with one attached hydrogen (secondary N) is 1. The van der Waals surface area contributed by atoms with Gasteiger partial charge in [-0.2, -0.15) is 0 Å². The van der Waals surface area contributed by atoms with Gasteiger partial charge in [-0.05, 0) is 29.8 Å². The average molecular weight is 445 g/mol. The standard InChI is InChI=1S/C24H19N3O6/c1-32-21-13-17(12-19-23(28)25-26(24(19)29)18-10-6-3-7-11-18)20(27(30)31)14-22(21)33-15-16-8-4-2-5-9-16/h2-14H,15H2,1H3,(H,25,28)/b19-12-. The van der Waals surface area contributed by atoms with Crippen molar-refractivity contribution in [3.8, 4) is 11.5 Å². The highest BCUT2D eigenvalue weighted by Crippen LogP contribution is 2.37. The normalized spacial score (nSPS) is 14.3. The number of nitro groups is 1. The van der Waals surface area contributed by atoms with Crippen molar-refractivity contribution >= 4 is 29.3 Å². The van der Waals surface area contributed by atoms with Gasteiger partial charge >= 0.3 is 0 Å². The second-order valence-electron chi connectivity index (χ2n) is 7.07. The topological polar surface area (TPSA) is 111 Å².